The Hall–Kier alpha value is -1.76. The van der Waals surface area contributed by atoms with Gasteiger partial charge in [-0.3, -0.25) is 4.79 Å². The summed E-state index contributed by atoms with van der Waals surface area (Å²) in [5.41, 5.74) is 3.95. The third-order valence-corrected chi connectivity index (χ3v) is 3.21. The van der Waals surface area contributed by atoms with Crippen LogP contribution in [0.1, 0.15) is 22.3 Å². The van der Waals surface area contributed by atoms with Gasteiger partial charge in [0.05, 0.1) is 17.7 Å². The molecule has 0 radical (unpaired) electrons. The number of amides is 1. The molecule has 0 saturated carbocycles. The first-order valence-corrected chi connectivity index (χ1v) is 6.22. The van der Waals surface area contributed by atoms with E-state index in [2.05, 4.69) is 5.32 Å². The quantitative estimate of drug-likeness (QED) is 0.888. The van der Waals surface area contributed by atoms with Gasteiger partial charge in [0, 0.05) is 12.5 Å². The number of carbonyl (C=O) groups is 1. The van der Waals surface area contributed by atoms with Crippen LogP contribution in [-0.2, 0) is 6.18 Å². The number of halogens is 3. The summed E-state index contributed by atoms with van der Waals surface area (Å²) >= 11 is 0. The van der Waals surface area contributed by atoms with Crippen molar-refractivity contribution in [1.29, 1.82) is 0 Å². The SMILES string of the molecule is NC(=O)c1cc(C(F)(F)F)ccc1OCC1CCNC1. The second-order valence-electron chi connectivity index (χ2n) is 4.74. The number of primary amides is 1. The fraction of sp³-hybridized carbons (Fsp3) is 0.462. The summed E-state index contributed by atoms with van der Waals surface area (Å²) in [6.07, 6.45) is -3.58. The highest BCUT2D eigenvalue weighted by molar-refractivity contribution is 5.95. The number of nitrogens with one attached hydrogen (secondary N) is 1. The van der Waals surface area contributed by atoms with Crippen molar-refractivity contribution < 1.29 is 22.7 Å². The summed E-state index contributed by atoms with van der Waals surface area (Å²) in [5.74, 6) is -0.550. The van der Waals surface area contributed by atoms with Gasteiger partial charge in [-0.15, -0.1) is 0 Å². The molecule has 0 bridgehead atoms. The van der Waals surface area contributed by atoms with Gasteiger partial charge < -0.3 is 15.8 Å². The summed E-state index contributed by atoms with van der Waals surface area (Å²) in [5, 5.41) is 3.15. The average molecular weight is 288 g/mol. The molecule has 1 aromatic rings. The van der Waals surface area contributed by atoms with E-state index in [1.165, 1.54) is 0 Å². The smallest absolute Gasteiger partial charge is 0.416 e. The van der Waals surface area contributed by atoms with Crippen LogP contribution in [0.2, 0.25) is 0 Å². The molecule has 20 heavy (non-hydrogen) atoms. The van der Waals surface area contributed by atoms with E-state index < -0.39 is 17.6 Å². The molecule has 1 aromatic carbocycles. The van der Waals surface area contributed by atoms with Crippen molar-refractivity contribution in [1.82, 2.24) is 5.32 Å². The molecule has 1 unspecified atom stereocenters. The fourth-order valence-corrected chi connectivity index (χ4v) is 2.09. The summed E-state index contributed by atoms with van der Waals surface area (Å²) in [7, 11) is 0. The molecule has 1 heterocycles. The lowest BCUT2D eigenvalue weighted by Crippen LogP contribution is -2.19. The van der Waals surface area contributed by atoms with Gasteiger partial charge in [-0.1, -0.05) is 0 Å². The number of benzene rings is 1. The average Bonchev–Trinajstić information content (AvgIpc) is 2.88. The summed E-state index contributed by atoms with van der Waals surface area (Å²) < 4.78 is 43.2. The van der Waals surface area contributed by atoms with E-state index in [9.17, 15) is 18.0 Å². The molecule has 3 N–H and O–H groups in total. The van der Waals surface area contributed by atoms with Crippen LogP contribution in [0.25, 0.3) is 0 Å². The zero-order chi connectivity index (χ0) is 14.8. The molecule has 1 aliphatic rings. The lowest BCUT2D eigenvalue weighted by Gasteiger charge is -2.15. The number of nitrogens with two attached hydrogens (primary N) is 1. The Morgan fingerprint density at radius 3 is 2.75 bits per heavy atom. The van der Waals surface area contributed by atoms with Crippen LogP contribution >= 0.6 is 0 Å². The van der Waals surface area contributed by atoms with Crippen LogP contribution < -0.4 is 15.8 Å². The van der Waals surface area contributed by atoms with Gasteiger partial charge in [0.2, 0.25) is 0 Å². The number of alkyl halides is 3. The molecule has 1 atom stereocenters. The van der Waals surface area contributed by atoms with E-state index in [1.807, 2.05) is 0 Å². The van der Waals surface area contributed by atoms with Gasteiger partial charge in [0.25, 0.3) is 5.91 Å². The first-order valence-electron chi connectivity index (χ1n) is 6.22. The minimum absolute atomic E-state index is 0.0948. The van der Waals surface area contributed by atoms with Crippen LogP contribution in [-0.4, -0.2) is 25.6 Å². The van der Waals surface area contributed by atoms with Crippen LogP contribution in [0.15, 0.2) is 18.2 Å². The zero-order valence-corrected chi connectivity index (χ0v) is 10.7. The molecule has 1 amide bonds. The normalized spacial score (nSPS) is 19.1. The van der Waals surface area contributed by atoms with Gasteiger partial charge in [0.1, 0.15) is 5.75 Å². The third-order valence-electron chi connectivity index (χ3n) is 3.21. The van der Waals surface area contributed by atoms with Gasteiger partial charge in [0.15, 0.2) is 0 Å². The van der Waals surface area contributed by atoms with Crippen LogP contribution in [0.5, 0.6) is 5.75 Å². The first-order chi connectivity index (χ1) is 9.38. The highest BCUT2D eigenvalue weighted by Crippen LogP contribution is 2.32. The van der Waals surface area contributed by atoms with E-state index in [1.54, 1.807) is 0 Å². The maximum atomic E-state index is 12.6. The van der Waals surface area contributed by atoms with Crippen molar-refractivity contribution >= 4 is 5.91 Å². The van der Waals surface area contributed by atoms with Gasteiger partial charge in [-0.05, 0) is 31.2 Å². The van der Waals surface area contributed by atoms with Gasteiger partial charge in [-0.2, -0.15) is 13.2 Å². The van der Waals surface area contributed by atoms with Crippen molar-refractivity contribution in [2.24, 2.45) is 11.7 Å². The predicted molar refractivity (Wildman–Crippen MR) is 66.4 cm³/mol. The highest BCUT2D eigenvalue weighted by atomic mass is 19.4. The predicted octanol–water partition coefficient (Wildman–Crippen LogP) is 1.79. The zero-order valence-electron chi connectivity index (χ0n) is 10.7. The van der Waals surface area contributed by atoms with Crippen molar-refractivity contribution in [2.45, 2.75) is 12.6 Å². The van der Waals surface area contributed by atoms with E-state index in [0.717, 1.165) is 37.7 Å². The molecule has 0 spiro atoms. The topological polar surface area (TPSA) is 64.4 Å². The Balaban J connectivity index is 2.17. The molecule has 1 fully saturated rings. The van der Waals surface area contributed by atoms with Crippen LogP contribution in [0.4, 0.5) is 13.2 Å². The largest absolute Gasteiger partial charge is 0.492 e. The summed E-state index contributed by atoms with van der Waals surface area (Å²) in [6.45, 7) is 2.04. The van der Waals surface area contributed by atoms with E-state index >= 15 is 0 Å². The van der Waals surface area contributed by atoms with Crippen molar-refractivity contribution in [2.75, 3.05) is 19.7 Å². The number of hydrogen-bond acceptors (Lipinski definition) is 3. The molecule has 1 aliphatic heterocycles. The Bertz CT molecular complexity index is 497. The molecule has 2 rings (SSSR count). The van der Waals surface area contributed by atoms with Crippen molar-refractivity contribution in [3.8, 4) is 5.75 Å². The number of rotatable bonds is 4. The Morgan fingerprint density at radius 2 is 2.20 bits per heavy atom. The molecule has 0 aliphatic carbocycles. The lowest BCUT2D eigenvalue weighted by molar-refractivity contribution is -0.137. The second kappa shape index (κ2) is 5.70. The molecule has 0 aromatic heterocycles. The van der Waals surface area contributed by atoms with Crippen molar-refractivity contribution in [3.63, 3.8) is 0 Å². The monoisotopic (exact) mass is 288 g/mol. The molecule has 110 valence electrons. The minimum atomic E-state index is -4.52. The number of hydrogen-bond donors (Lipinski definition) is 2. The summed E-state index contributed by atoms with van der Waals surface area (Å²) in [4.78, 5) is 11.3. The Morgan fingerprint density at radius 1 is 1.45 bits per heavy atom. The highest BCUT2D eigenvalue weighted by Gasteiger charge is 2.32. The number of carbonyl (C=O) groups excluding carboxylic acids is 1. The lowest BCUT2D eigenvalue weighted by atomic mass is 10.1. The summed E-state index contributed by atoms with van der Waals surface area (Å²) in [6, 6.07) is 2.75. The molecule has 7 heteroatoms. The number of ether oxygens (including phenoxy) is 1. The minimum Gasteiger partial charge on any atom is -0.492 e. The van der Waals surface area contributed by atoms with Gasteiger partial charge in [-0.25, -0.2) is 0 Å². The maximum absolute atomic E-state index is 12.6. The first kappa shape index (κ1) is 14.6. The second-order valence-corrected chi connectivity index (χ2v) is 4.74. The third kappa shape index (κ3) is 3.41. The van der Waals surface area contributed by atoms with Crippen molar-refractivity contribution in [3.05, 3.63) is 29.3 Å². The van der Waals surface area contributed by atoms with E-state index in [0.29, 0.717) is 6.61 Å². The van der Waals surface area contributed by atoms with Gasteiger partial charge >= 0.3 is 6.18 Å². The van der Waals surface area contributed by atoms with E-state index in [4.69, 9.17) is 10.5 Å². The molecule has 1 saturated heterocycles. The van der Waals surface area contributed by atoms with Crippen LogP contribution in [0.3, 0.4) is 0 Å². The Kier molecular flexibility index (Phi) is 4.17. The molecule has 4 nitrogen and oxygen atoms in total. The van der Waals surface area contributed by atoms with E-state index in [-0.39, 0.29) is 17.2 Å². The van der Waals surface area contributed by atoms with Crippen LogP contribution in [0, 0.1) is 5.92 Å². The standard InChI is InChI=1S/C13H15F3N2O2/c14-13(15,16)9-1-2-11(10(5-9)12(17)19)20-7-8-3-4-18-6-8/h1-2,5,8,18H,3-4,6-7H2,(H2,17,19). The maximum Gasteiger partial charge on any atom is 0.416 e. The fourth-order valence-electron chi connectivity index (χ4n) is 2.09. The Labute approximate surface area is 114 Å². The molecular weight excluding hydrogens is 273 g/mol. The molecular formula is C13H15F3N2O2.